The first-order valence-electron chi connectivity index (χ1n) is 6.90. The molecule has 0 amide bonds. The minimum Gasteiger partial charge on any atom is -0.399 e. The molecule has 0 unspecified atom stereocenters. The third-order valence-corrected chi connectivity index (χ3v) is 5.74. The standard InChI is InChI=1S/C14H22BNO4S/c1-10-9-11(21(17,18)16-6)7-8-12(10)15-19-13(2,3)14(4,5)20-15/h7-9,16H,1-6H3. The van der Waals surface area contributed by atoms with Gasteiger partial charge in [-0.05, 0) is 59.3 Å². The van der Waals surface area contributed by atoms with Crippen LogP contribution in [0.1, 0.15) is 33.3 Å². The number of rotatable bonds is 3. The molecule has 1 aromatic carbocycles. The predicted octanol–water partition coefficient (Wildman–Crippen LogP) is 1.20. The van der Waals surface area contributed by atoms with E-state index in [9.17, 15) is 8.42 Å². The lowest BCUT2D eigenvalue weighted by atomic mass is 9.76. The molecular weight excluding hydrogens is 289 g/mol. The van der Waals surface area contributed by atoms with E-state index in [1.54, 1.807) is 18.2 Å². The van der Waals surface area contributed by atoms with Crippen LogP contribution in [0.4, 0.5) is 0 Å². The van der Waals surface area contributed by atoms with E-state index in [4.69, 9.17) is 9.31 Å². The fourth-order valence-corrected chi connectivity index (χ4v) is 2.98. The van der Waals surface area contributed by atoms with Gasteiger partial charge in [-0.1, -0.05) is 11.6 Å². The maximum Gasteiger partial charge on any atom is 0.495 e. The Bertz CT molecular complexity index is 639. The molecule has 1 aliphatic rings. The van der Waals surface area contributed by atoms with Crippen LogP contribution >= 0.6 is 0 Å². The summed E-state index contributed by atoms with van der Waals surface area (Å²) in [6.45, 7) is 9.81. The van der Waals surface area contributed by atoms with Gasteiger partial charge in [0.2, 0.25) is 10.0 Å². The molecule has 116 valence electrons. The quantitative estimate of drug-likeness (QED) is 0.852. The Kier molecular flexibility index (Phi) is 3.99. The van der Waals surface area contributed by atoms with Crippen LogP contribution in [0.3, 0.4) is 0 Å². The molecule has 0 atom stereocenters. The van der Waals surface area contributed by atoms with Crippen molar-refractivity contribution in [1.29, 1.82) is 0 Å². The third-order valence-electron chi connectivity index (χ3n) is 4.33. The number of sulfonamides is 1. The highest BCUT2D eigenvalue weighted by atomic mass is 32.2. The number of aryl methyl sites for hydroxylation is 1. The molecule has 0 bridgehead atoms. The third kappa shape index (κ3) is 2.88. The van der Waals surface area contributed by atoms with Crippen molar-refractivity contribution in [2.24, 2.45) is 0 Å². The number of hydrogen-bond acceptors (Lipinski definition) is 4. The Balaban J connectivity index is 2.36. The van der Waals surface area contributed by atoms with E-state index in [1.165, 1.54) is 7.05 Å². The molecule has 1 N–H and O–H groups in total. The van der Waals surface area contributed by atoms with Crippen LogP contribution in [-0.4, -0.2) is 33.8 Å². The molecule has 0 saturated carbocycles. The Labute approximate surface area is 127 Å². The molecular formula is C14H22BNO4S. The van der Waals surface area contributed by atoms with E-state index in [2.05, 4.69) is 4.72 Å². The smallest absolute Gasteiger partial charge is 0.399 e. The molecule has 7 heteroatoms. The lowest BCUT2D eigenvalue weighted by molar-refractivity contribution is 0.00578. The molecule has 2 rings (SSSR count). The number of benzene rings is 1. The molecule has 1 aromatic rings. The van der Waals surface area contributed by atoms with Crippen LogP contribution in [0.5, 0.6) is 0 Å². The summed E-state index contributed by atoms with van der Waals surface area (Å²) in [5.41, 5.74) is 0.841. The summed E-state index contributed by atoms with van der Waals surface area (Å²) in [4.78, 5) is 0.239. The first-order chi connectivity index (χ1) is 9.50. The van der Waals surface area contributed by atoms with Gasteiger partial charge >= 0.3 is 7.12 Å². The first kappa shape index (κ1) is 16.5. The van der Waals surface area contributed by atoms with E-state index >= 15 is 0 Å². The van der Waals surface area contributed by atoms with E-state index in [-0.39, 0.29) is 4.90 Å². The van der Waals surface area contributed by atoms with Crippen molar-refractivity contribution in [1.82, 2.24) is 4.72 Å². The maximum absolute atomic E-state index is 11.8. The summed E-state index contributed by atoms with van der Waals surface area (Å²) in [7, 11) is -2.53. The SMILES string of the molecule is CNS(=O)(=O)c1ccc(B2OC(C)(C)C(C)(C)O2)c(C)c1. The molecule has 0 aliphatic carbocycles. The Morgan fingerprint density at radius 1 is 1.10 bits per heavy atom. The molecule has 0 spiro atoms. The van der Waals surface area contributed by atoms with Crippen molar-refractivity contribution in [3.8, 4) is 0 Å². The molecule has 0 radical (unpaired) electrons. The minimum atomic E-state index is -3.44. The lowest BCUT2D eigenvalue weighted by Crippen LogP contribution is -2.41. The van der Waals surface area contributed by atoms with Gasteiger partial charge in [0.15, 0.2) is 0 Å². The van der Waals surface area contributed by atoms with Crippen LogP contribution in [0.15, 0.2) is 23.1 Å². The van der Waals surface area contributed by atoms with Crippen LogP contribution in [0.2, 0.25) is 0 Å². The van der Waals surface area contributed by atoms with Crippen molar-refractivity contribution in [2.45, 2.75) is 50.7 Å². The minimum absolute atomic E-state index is 0.239. The molecule has 1 heterocycles. The van der Waals surface area contributed by atoms with Gasteiger partial charge in [-0.25, -0.2) is 13.1 Å². The predicted molar refractivity (Wildman–Crippen MR) is 83.1 cm³/mol. The van der Waals surface area contributed by atoms with E-state index in [0.29, 0.717) is 0 Å². The van der Waals surface area contributed by atoms with Gasteiger partial charge in [-0.15, -0.1) is 0 Å². The van der Waals surface area contributed by atoms with E-state index < -0.39 is 28.3 Å². The molecule has 0 aromatic heterocycles. The van der Waals surface area contributed by atoms with Gasteiger partial charge in [-0.3, -0.25) is 0 Å². The fourth-order valence-electron chi connectivity index (χ4n) is 2.17. The van der Waals surface area contributed by atoms with Crippen LogP contribution in [0.25, 0.3) is 0 Å². The molecule has 5 nitrogen and oxygen atoms in total. The highest BCUT2D eigenvalue weighted by Gasteiger charge is 2.52. The van der Waals surface area contributed by atoms with E-state index in [0.717, 1.165) is 11.0 Å². The molecule has 1 fully saturated rings. The van der Waals surface area contributed by atoms with E-state index in [1.807, 2.05) is 34.6 Å². The van der Waals surface area contributed by atoms with Crippen LogP contribution in [-0.2, 0) is 19.3 Å². The monoisotopic (exact) mass is 311 g/mol. The second kappa shape index (κ2) is 5.09. The summed E-state index contributed by atoms with van der Waals surface area (Å²) in [6, 6.07) is 4.95. The van der Waals surface area contributed by atoms with Gasteiger partial charge in [0.05, 0.1) is 16.1 Å². The maximum atomic E-state index is 11.8. The molecule has 21 heavy (non-hydrogen) atoms. The van der Waals surface area contributed by atoms with Crippen molar-refractivity contribution >= 4 is 22.6 Å². The zero-order chi connectivity index (χ0) is 16.1. The summed E-state index contributed by atoms with van der Waals surface area (Å²) < 4.78 is 37.9. The number of nitrogens with one attached hydrogen (secondary N) is 1. The zero-order valence-electron chi connectivity index (χ0n) is 13.4. The number of hydrogen-bond donors (Lipinski definition) is 1. The van der Waals surface area contributed by atoms with Gasteiger partial charge in [0.25, 0.3) is 0 Å². The highest BCUT2D eigenvalue weighted by molar-refractivity contribution is 7.89. The van der Waals surface area contributed by atoms with Gasteiger partial charge < -0.3 is 9.31 Å². The Morgan fingerprint density at radius 3 is 2.05 bits per heavy atom. The lowest BCUT2D eigenvalue weighted by Gasteiger charge is -2.32. The van der Waals surface area contributed by atoms with Crippen LogP contribution in [0, 0.1) is 6.92 Å². The van der Waals surface area contributed by atoms with Crippen molar-refractivity contribution < 1.29 is 17.7 Å². The van der Waals surface area contributed by atoms with Crippen LogP contribution < -0.4 is 10.2 Å². The summed E-state index contributed by atoms with van der Waals surface area (Å²) in [5.74, 6) is 0. The van der Waals surface area contributed by atoms with Crippen molar-refractivity contribution in [2.75, 3.05) is 7.05 Å². The molecule has 1 aliphatic heterocycles. The van der Waals surface area contributed by atoms with Gasteiger partial charge in [-0.2, -0.15) is 0 Å². The Morgan fingerprint density at radius 2 is 1.62 bits per heavy atom. The average Bonchev–Trinajstić information content (AvgIpc) is 2.58. The van der Waals surface area contributed by atoms with Crippen molar-refractivity contribution in [3.63, 3.8) is 0 Å². The summed E-state index contributed by atoms with van der Waals surface area (Å²) in [5, 5.41) is 0. The second-order valence-corrected chi connectivity index (χ2v) is 8.20. The van der Waals surface area contributed by atoms with Gasteiger partial charge in [0, 0.05) is 0 Å². The first-order valence-corrected chi connectivity index (χ1v) is 8.38. The zero-order valence-corrected chi connectivity index (χ0v) is 14.2. The van der Waals surface area contributed by atoms with Gasteiger partial charge in [0.1, 0.15) is 0 Å². The Hall–Kier alpha value is -0.885. The summed E-state index contributed by atoms with van der Waals surface area (Å²) in [6.07, 6.45) is 0. The normalized spacial score (nSPS) is 20.8. The topological polar surface area (TPSA) is 64.6 Å². The largest absolute Gasteiger partial charge is 0.495 e. The van der Waals surface area contributed by atoms with Crippen molar-refractivity contribution in [3.05, 3.63) is 23.8 Å². The fraction of sp³-hybridized carbons (Fsp3) is 0.571. The molecule has 1 saturated heterocycles. The second-order valence-electron chi connectivity index (χ2n) is 6.31. The highest BCUT2D eigenvalue weighted by Crippen LogP contribution is 2.36. The average molecular weight is 311 g/mol. The summed E-state index contributed by atoms with van der Waals surface area (Å²) >= 11 is 0.